The SMILES string of the molecule is CCCCCCCCC/C=C/C/C=C/C/C=C/C/C=C/CCCC(=O)N[C@@H](CO)[C@H](O)/C=C/CCCCCCCCCCCC. The zero-order valence-corrected chi connectivity index (χ0v) is 29.6. The highest BCUT2D eigenvalue weighted by Gasteiger charge is 2.17. The molecule has 0 aromatic heterocycles. The summed E-state index contributed by atoms with van der Waals surface area (Å²) in [5.74, 6) is -0.121. The molecule has 0 rings (SSSR count). The summed E-state index contributed by atoms with van der Waals surface area (Å²) >= 11 is 0. The van der Waals surface area contributed by atoms with Gasteiger partial charge in [0, 0.05) is 6.42 Å². The van der Waals surface area contributed by atoms with E-state index in [-0.39, 0.29) is 12.5 Å². The van der Waals surface area contributed by atoms with Gasteiger partial charge in [-0.2, -0.15) is 0 Å². The van der Waals surface area contributed by atoms with E-state index in [1.807, 2.05) is 6.08 Å². The zero-order chi connectivity index (χ0) is 32.9. The van der Waals surface area contributed by atoms with E-state index >= 15 is 0 Å². The topological polar surface area (TPSA) is 69.6 Å². The molecule has 0 radical (unpaired) electrons. The van der Waals surface area contributed by atoms with Crippen molar-refractivity contribution in [2.75, 3.05) is 6.61 Å². The van der Waals surface area contributed by atoms with Crippen molar-refractivity contribution < 1.29 is 15.0 Å². The number of unbranched alkanes of at least 4 members (excludes halogenated alkanes) is 18. The molecule has 0 saturated heterocycles. The highest BCUT2D eigenvalue weighted by molar-refractivity contribution is 5.76. The van der Waals surface area contributed by atoms with Gasteiger partial charge in [-0.05, 0) is 57.8 Å². The Hall–Kier alpha value is -1.91. The molecule has 0 aromatic carbocycles. The summed E-state index contributed by atoms with van der Waals surface area (Å²) in [6.45, 7) is 4.25. The summed E-state index contributed by atoms with van der Waals surface area (Å²) in [6, 6.07) is -0.651. The summed E-state index contributed by atoms with van der Waals surface area (Å²) in [5, 5.41) is 22.8. The molecule has 4 heteroatoms. The van der Waals surface area contributed by atoms with Crippen LogP contribution in [0.2, 0.25) is 0 Å². The minimum atomic E-state index is -0.861. The molecule has 0 aliphatic rings. The molecule has 3 N–H and O–H groups in total. The molecule has 4 nitrogen and oxygen atoms in total. The predicted octanol–water partition coefficient (Wildman–Crippen LogP) is 11.4. The number of carbonyl (C=O) groups excluding carboxylic acids is 1. The van der Waals surface area contributed by atoms with Gasteiger partial charge in [-0.25, -0.2) is 0 Å². The van der Waals surface area contributed by atoms with Gasteiger partial charge in [0.15, 0.2) is 0 Å². The second-order valence-corrected chi connectivity index (χ2v) is 12.6. The monoisotopic (exact) mass is 628 g/mol. The van der Waals surface area contributed by atoms with Gasteiger partial charge in [-0.3, -0.25) is 4.79 Å². The number of allylic oxidation sites excluding steroid dienone is 9. The zero-order valence-electron chi connectivity index (χ0n) is 29.6. The number of nitrogens with one attached hydrogen (secondary N) is 1. The minimum absolute atomic E-state index is 0.121. The van der Waals surface area contributed by atoms with Gasteiger partial charge in [0.1, 0.15) is 0 Å². The fourth-order valence-electron chi connectivity index (χ4n) is 5.29. The molecule has 0 heterocycles. The smallest absolute Gasteiger partial charge is 0.220 e. The standard InChI is InChI=1S/C41H73NO3/c1-3-5-7-9-11-13-15-17-18-19-20-21-22-23-24-25-27-29-31-33-35-37-41(45)42-39(38-43)40(44)36-34-32-30-28-26-16-14-12-10-8-6-4-2/h18-19,21-22,24-25,29,31,34,36,39-40,43-44H,3-17,20,23,26-28,30,32-33,35,37-38H2,1-2H3,(H,42,45)/b19-18+,22-21+,25-24+,31-29+,36-34+/t39-,40+/m0/s1. The molecule has 0 unspecified atom stereocenters. The van der Waals surface area contributed by atoms with Crippen LogP contribution in [0, 0.1) is 0 Å². The summed E-state index contributed by atoms with van der Waals surface area (Å²) in [6.07, 6.45) is 50.2. The average Bonchev–Trinajstić information content (AvgIpc) is 3.04. The summed E-state index contributed by atoms with van der Waals surface area (Å²) in [5.41, 5.74) is 0. The van der Waals surface area contributed by atoms with Crippen LogP contribution in [0.15, 0.2) is 60.8 Å². The fourth-order valence-corrected chi connectivity index (χ4v) is 5.29. The normalized spacial score (nSPS) is 13.8. The first kappa shape index (κ1) is 43.1. The second-order valence-electron chi connectivity index (χ2n) is 12.6. The Balaban J connectivity index is 3.76. The van der Waals surface area contributed by atoms with E-state index in [0.29, 0.717) is 6.42 Å². The van der Waals surface area contributed by atoms with Crippen LogP contribution in [0.25, 0.3) is 0 Å². The first-order chi connectivity index (χ1) is 22.2. The van der Waals surface area contributed by atoms with E-state index in [0.717, 1.165) is 44.9 Å². The van der Waals surface area contributed by atoms with E-state index < -0.39 is 12.1 Å². The molecule has 0 aliphatic carbocycles. The third-order valence-electron chi connectivity index (χ3n) is 8.25. The number of hydrogen-bond acceptors (Lipinski definition) is 3. The first-order valence-corrected chi connectivity index (χ1v) is 19.0. The highest BCUT2D eigenvalue weighted by atomic mass is 16.3. The highest BCUT2D eigenvalue weighted by Crippen LogP contribution is 2.12. The van der Waals surface area contributed by atoms with Crippen LogP contribution in [-0.2, 0) is 4.79 Å². The van der Waals surface area contributed by atoms with Gasteiger partial charge in [0.25, 0.3) is 0 Å². The van der Waals surface area contributed by atoms with Gasteiger partial charge < -0.3 is 15.5 Å². The van der Waals surface area contributed by atoms with Gasteiger partial charge in [0.05, 0.1) is 18.8 Å². The van der Waals surface area contributed by atoms with Crippen LogP contribution in [0.4, 0.5) is 0 Å². The Morgan fingerprint density at radius 2 is 0.911 bits per heavy atom. The number of rotatable bonds is 33. The maximum atomic E-state index is 12.3. The third kappa shape index (κ3) is 33.3. The molecule has 0 spiro atoms. The van der Waals surface area contributed by atoms with Crippen molar-refractivity contribution in [3.8, 4) is 0 Å². The van der Waals surface area contributed by atoms with Crippen molar-refractivity contribution >= 4 is 5.91 Å². The largest absolute Gasteiger partial charge is 0.394 e. The van der Waals surface area contributed by atoms with Gasteiger partial charge >= 0.3 is 0 Å². The van der Waals surface area contributed by atoms with Crippen LogP contribution in [0.5, 0.6) is 0 Å². The van der Waals surface area contributed by atoms with Crippen LogP contribution >= 0.6 is 0 Å². The Labute approximate surface area is 279 Å². The second kappa shape index (κ2) is 36.6. The lowest BCUT2D eigenvalue weighted by molar-refractivity contribution is -0.122. The van der Waals surface area contributed by atoms with Crippen molar-refractivity contribution in [2.24, 2.45) is 0 Å². The molecule has 45 heavy (non-hydrogen) atoms. The molecule has 0 saturated carbocycles. The van der Waals surface area contributed by atoms with Crippen molar-refractivity contribution in [3.05, 3.63) is 60.8 Å². The molecule has 2 atom stereocenters. The minimum Gasteiger partial charge on any atom is -0.394 e. The molecule has 0 bridgehead atoms. The lowest BCUT2D eigenvalue weighted by atomic mass is 10.1. The van der Waals surface area contributed by atoms with E-state index in [1.54, 1.807) is 6.08 Å². The van der Waals surface area contributed by atoms with Crippen LogP contribution in [-0.4, -0.2) is 34.9 Å². The maximum absolute atomic E-state index is 12.3. The molecule has 1 amide bonds. The number of hydrogen-bond donors (Lipinski definition) is 3. The fraction of sp³-hybridized carbons (Fsp3) is 0.732. The molecule has 0 fully saturated rings. The van der Waals surface area contributed by atoms with Gasteiger partial charge in [0.2, 0.25) is 5.91 Å². The summed E-state index contributed by atoms with van der Waals surface area (Å²) in [7, 11) is 0. The van der Waals surface area contributed by atoms with E-state index in [2.05, 4.69) is 67.8 Å². The van der Waals surface area contributed by atoms with Crippen molar-refractivity contribution in [1.29, 1.82) is 0 Å². The summed E-state index contributed by atoms with van der Waals surface area (Å²) < 4.78 is 0. The Morgan fingerprint density at radius 3 is 1.36 bits per heavy atom. The molecule has 260 valence electrons. The van der Waals surface area contributed by atoms with Gasteiger partial charge in [-0.1, -0.05) is 171 Å². The van der Waals surface area contributed by atoms with Crippen molar-refractivity contribution in [2.45, 2.75) is 187 Å². The Bertz CT molecular complexity index is 767. The van der Waals surface area contributed by atoms with Crippen LogP contribution in [0.3, 0.4) is 0 Å². The predicted molar refractivity (Wildman–Crippen MR) is 197 cm³/mol. The molecule has 0 aliphatic heterocycles. The maximum Gasteiger partial charge on any atom is 0.220 e. The van der Waals surface area contributed by atoms with Crippen molar-refractivity contribution in [1.82, 2.24) is 5.32 Å². The van der Waals surface area contributed by atoms with E-state index in [9.17, 15) is 15.0 Å². The first-order valence-electron chi connectivity index (χ1n) is 19.0. The van der Waals surface area contributed by atoms with Crippen LogP contribution in [0.1, 0.15) is 174 Å². The van der Waals surface area contributed by atoms with Gasteiger partial charge in [-0.15, -0.1) is 0 Å². The lowest BCUT2D eigenvalue weighted by Gasteiger charge is -2.19. The average molecular weight is 628 g/mol. The van der Waals surface area contributed by atoms with E-state index in [4.69, 9.17) is 0 Å². The molecular formula is C41H73NO3. The Morgan fingerprint density at radius 1 is 0.533 bits per heavy atom. The lowest BCUT2D eigenvalue weighted by Crippen LogP contribution is -2.45. The molecule has 0 aromatic rings. The van der Waals surface area contributed by atoms with E-state index in [1.165, 1.54) is 109 Å². The van der Waals surface area contributed by atoms with Crippen LogP contribution < -0.4 is 5.32 Å². The third-order valence-corrected chi connectivity index (χ3v) is 8.25. The number of aliphatic hydroxyl groups is 2. The van der Waals surface area contributed by atoms with Crippen molar-refractivity contribution in [3.63, 3.8) is 0 Å². The quantitative estimate of drug-likeness (QED) is 0.0501. The Kier molecular flexibility index (Phi) is 35.0. The number of aliphatic hydroxyl groups excluding tert-OH is 2. The summed E-state index contributed by atoms with van der Waals surface area (Å²) in [4.78, 5) is 12.3. The number of amides is 1. The molecular weight excluding hydrogens is 554 g/mol. The number of carbonyl (C=O) groups is 1.